The van der Waals surface area contributed by atoms with E-state index in [1.807, 2.05) is 30.1 Å². The standard InChI is InChI=1S/C17H19N5O4/c1-21(5-11-2-3-13-14(4-11)26-10-25-13)16-15-17(19-8-18-16)22(9-20-15)12(6-23)7-24/h2-4,8-9,12,23-24H,5-7,10H2,1H3. The van der Waals surface area contributed by atoms with Crippen LogP contribution in [-0.2, 0) is 6.54 Å². The van der Waals surface area contributed by atoms with Crippen molar-refractivity contribution in [2.24, 2.45) is 0 Å². The number of nitrogens with zero attached hydrogens (tertiary/aromatic N) is 5. The summed E-state index contributed by atoms with van der Waals surface area (Å²) >= 11 is 0. The van der Waals surface area contributed by atoms with E-state index in [1.165, 1.54) is 6.33 Å². The molecular weight excluding hydrogens is 338 g/mol. The monoisotopic (exact) mass is 357 g/mol. The SMILES string of the molecule is CN(Cc1ccc2c(c1)OCO2)c1ncnc2c1ncn2C(CO)CO. The Morgan fingerprint density at radius 1 is 1.15 bits per heavy atom. The van der Waals surface area contributed by atoms with Crippen molar-refractivity contribution in [3.63, 3.8) is 0 Å². The fraction of sp³-hybridized carbons (Fsp3) is 0.353. The van der Waals surface area contributed by atoms with Gasteiger partial charge in [0.25, 0.3) is 0 Å². The van der Waals surface area contributed by atoms with E-state index in [1.54, 1.807) is 10.9 Å². The number of anilines is 1. The average molecular weight is 357 g/mol. The maximum Gasteiger partial charge on any atom is 0.231 e. The fourth-order valence-corrected chi connectivity index (χ4v) is 3.01. The summed E-state index contributed by atoms with van der Waals surface area (Å²) in [6.45, 7) is 0.442. The first-order valence-electron chi connectivity index (χ1n) is 8.20. The largest absolute Gasteiger partial charge is 0.454 e. The molecule has 0 spiro atoms. The summed E-state index contributed by atoms with van der Waals surface area (Å²) in [5, 5.41) is 18.8. The van der Waals surface area contributed by atoms with E-state index in [-0.39, 0.29) is 20.0 Å². The Balaban J connectivity index is 1.63. The average Bonchev–Trinajstić information content (AvgIpc) is 3.29. The number of benzene rings is 1. The minimum Gasteiger partial charge on any atom is -0.454 e. The van der Waals surface area contributed by atoms with Gasteiger partial charge in [-0.1, -0.05) is 6.07 Å². The van der Waals surface area contributed by atoms with Gasteiger partial charge in [-0.2, -0.15) is 0 Å². The Morgan fingerprint density at radius 3 is 2.77 bits per heavy atom. The predicted molar refractivity (Wildman–Crippen MR) is 93.2 cm³/mol. The summed E-state index contributed by atoms with van der Waals surface area (Å²) in [5.41, 5.74) is 2.23. The molecule has 26 heavy (non-hydrogen) atoms. The number of imidazole rings is 1. The highest BCUT2D eigenvalue weighted by molar-refractivity contribution is 5.83. The second-order valence-electron chi connectivity index (χ2n) is 6.08. The molecule has 0 radical (unpaired) electrons. The number of aliphatic hydroxyl groups is 2. The Bertz CT molecular complexity index is 925. The molecule has 0 amide bonds. The van der Waals surface area contributed by atoms with Crippen molar-refractivity contribution >= 4 is 17.0 Å². The molecule has 0 saturated carbocycles. The lowest BCUT2D eigenvalue weighted by Gasteiger charge is -2.19. The van der Waals surface area contributed by atoms with E-state index in [0.717, 1.165) is 17.1 Å². The number of rotatable bonds is 6. The van der Waals surface area contributed by atoms with Crippen molar-refractivity contribution in [1.82, 2.24) is 19.5 Å². The molecule has 0 atom stereocenters. The third-order valence-electron chi connectivity index (χ3n) is 4.37. The molecule has 136 valence electrons. The van der Waals surface area contributed by atoms with Crippen LogP contribution in [0.25, 0.3) is 11.2 Å². The van der Waals surface area contributed by atoms with Crippen LogP contribution < -0.4 is 14.4 Å². The highest BCUT2D eigenvalue weighted by atomic mass is 16.7. The molecule has 1 aliphatic heterocycles. The van der Waals surface area contributed by atoms with Crippen molar-refractivity contribution in [2.45, 2.75) is 12.6 Å². The summed E-state index contributed by atoms with van der Waals surface area (Å²) in [6.07, 6.45) is 3.02. The van der Waals surface area contributed by atoms with Crippen molar-refractivity contribution < 1.29 is 19.7 Å². The van der Waals surface area contributed by atoms with Crippen LogP contribution in [0.4, 0.5) is 5.82 Å². The van der Waals surface area contributed by atoms with Gasteiger partial charge in [0.15, 0.2) is 28.5 Å². The smallest absolute Gasteiger partial charge is 0.231 e. The lowest BCUT2D eigenvalue weighted by atomic mass is 10.2. The van der Waals surface area contributed by atoms with E-state index in [4.69, 9.17) is 9.47 Å². The molecule has 3 heterocycles. The van der Waals surface area contributed by atoms with Gasteiger partial charge in [0, 0.05) is 13.6 Å². The van der Waals surface area contributed by atoms with Crippen LogP contribution in [0.3, 0.4) is 0 Å². The summed E-state index contributed by atoms with van der Waals surface area (Å²) in [6, 6.07) is 5.34. The molecule has 1 aliphatic rings. The Hall–Kier alpha value is -2.91. The third kappa shape index (κ3) is 2.80. The minimum atomic E-state index is -0.484. The zero-order chi connectivity index (χ0) is 18.1. The zero-order valence-electron chi connectivity index (χ0n) is 14.2. The van der Waals surface area contributed by atoms with E-state index in [0.29, 0.717) is 23.5 Å². The second kappa shape index (κ2) is 6.77. The lowest BCUT2D eigenvalue weighted by molar-refractivity contribution is 0.156. The van der Waals surface area contributed by atoms with Crippen LogP contribution in [0, 0.1) is 0 Å². The third-order valence-corrected chi connectivity index (χ3v) is 4.37. The summed E-state index contributed by atoms with van der Waals surface area (Å²) < 4.78 is 12.4. The van der Waals surface area contributed by atoms with Crippen molar-refractivity contribution in [2.75, 3.05) is 32.0 Å². The molecule has 3 aromatic rings. The zero-order valence-corrected chi connectivity index (χ0v) is 14.2. The first-order valence-corrected chi connectivity index (χ1v) is 8.20. The lowest BCUT2D eigenvalue weighted by Crippen LogP contribution is -2.19. The maximum absolute atomic E-state index is 9.42. The Kier molecular flexibility index (Phi) is 4.31. The normalized spacial score (nSPS) is 12.9. The molecule has 4 rings (SSSR count). The van der Waals surface area contributed by atoms with Crippen LogP contribution in [0.5, 0.6) is 11.5 Å². The summed E-state index contributed by atoms with van der Waals surface area (Å²) in [5.74, 6) is 2.15. The van der Waals surface area contributed by atoms with E-state index in [2.05, 4.69) is 15.0 Å². The highest BCUT2D eigenvalue weighted by Crippen LogP contribution is 2.33. The molecule has 0 saturated heterocycles. The Morgan fingerprint density at radius 2 is 1.96 bits per heavy atom. The maximum atomic E-state index is 9.42. The molecule has 2 N–H and O–H groups in total. The van der Waals surface area contributed by atoms with Gasteiger partial charge in [0.05, 0.1) is 25.6 Å². The van der Waals surface area contributed by atoms with Gasteiger partial charge in [0.2, 0.25) is 6.79 Å². The van der Waals surface area contributed by atoms with Crippen LogP contribution >= 0.6 is 0 Å². The minimum absolute atomic E-state index is 0.200. The molecular formula is C17H19N5O4. The van der Waals surface area contributed by atoms with Crippen LogP contribution in [0.2, 0.25) is 0 Å². The quantitative estimate of drug-likeness (QED) is 0.665. The van der Waals surface area contributed by atoms with Gasteiger partial charge >= 0.3 is 0 Å². The Labute approximate surface area is 149 Å². The van der Waals surface area contributed by atoms with E-state index < -0.39 is 6.04 Å². The molecule has 1 aromatic carbocycles. The number of hydrogen-bond donors (Lipinski definition) is 2. The number of aliphatic hydroxyl groups excluding tert-OH is 2. The molecule has 9 nitrogen and oxygen atoms in total. The van der Waals surface area contributed by atoms with Gasteiger partial charge < -0.3 is 29.2 Å². The molecule has 0 aliphatic carbocycles. The number of fused-ring (bicyclic) bond motifs is 2. The van der Waals surface area contributed by atoms with Gasteiger partial charge in [0.1, 0.15) is 6.33 Å². The molecule has 2 aromatic heterocycles. The number of aromatic nitrogens is 4. The number of hydrogen-bond acceptors (Lipinski definition) is 8. The van der Waals surface area contributed by atoms with Crippen LogP contribution in [-0.4, -0.2) is 56.8 Å². The van der Waals surface area contributed by atoms with Crippen molar-refractivity contribution in [1.29, 1.82) is 0 Å². The topological polar surface area (TPSA) is 106 Å². The van der Waals surface area contributed by atoms with Crippen LogP contribution in [0.15, 0.2) is 30.9 Å². The van der Waals surface area contributed by atoms with Gasteiger partial charge in [-0.15, -0.1) is 0 Å². The number of ether oxygens (including phenoxy) is 2. The molecule has 0 bridgehead atoms. The first-order chi connectivity index (χ1) is 12.7. The van der Waals surface area contributed by atoms with Gasteiger partial charge in [-0.05, 0) is 17.7 Å². The molecule has 0 fully saturated rings. The molecule has 9 heteroatoms. The summed E-state index contributed by atoms with van der Waals surface area (Å²) in [7, 11) is 1.92. The predicted octanol–water partition coefficient (Wildman–Crippen LogP) is 0.717. The summed E-state index contributed by atoms with van der Waals surface area (Å²) in [4.78, 5) is 15.0. The van der Waals surface area contributed by atoms with Crippen LogP contribution in [0.1, 0.15) is 11.6 Å². The fourth-order valence-electron chi connectivity index (χ4n) is 3.01. The molecule has 0 unspecified atom stereocenters. The van der Waals surface area contributed by atoms with E-state index in [9.17, 15) is 10.2 Å². The second-order valence-corrected chi connectivity index (χ2v) is 6.08. The van der Waals surface area contributed by atoms with Gasteiger partial charge in [-0.25, -0.2) is 15.0 Å². The first kappa shape index (κ1) is 16.6. The van der Waals surface area contributed by atoms with Crippen molar-refractivity contribution in [3.8, 4) is 11.5 Å². The van der Waals surface area contributed by atoms with Gasteiger partial charge in [-0.3, -0.25) is 0 Å². The highest BCUT2D eigenvalue weighted by Gasteiger charge is 2.19. The van der Waals surface area contributed by atoms with E-state index >= 15 is 0 Å². The van der Waals surface area contributed by atoms with Crippen molar-refractivity contribution in [3.05, 3.63) is 36.4 Å².